The van der Waals surface area contributed by atoms with Crippen LogP contribution in [-0.2, 0) is 32.0 Å². The van der Waals surface area contributed by atoms with Crippen molar-refractivity contribution in [2.75, 3.05) is 60.3 Å². The van der Waals surface area contributed by atoms with Gasteiger partial charge in [-0.15, -0.1) is 0 Å². The summed E-state index contributed by atoms with van der Waals surface area (Å²) in [6.07, 6.45) is 1.70. The highest BCUT2D eigenvalue weighted by Crippen LogP contribution is 2.29. The summed E-state index contributed by atoms with van der Waals surface area (Å²) in [7, 11) is 2.96. The fourth-order valence-corrected chi connectivity index (χ4v) is 5.06. The molecule has 1 heterocycles. The molecule has 0 amide bonds. The second kappa shape index (κ2) is 18.0. The summed E-state index contributed by atoms with van der Waals surface area (Å²) in [5.41, 5.74) is 3.25. The molecule has 1 aliphatic rings. The van der Waals surface area contributed by atoms with E-state index in [0.29, 0.717) is 45.4 Å². The van der Waals surface area contributed by atoms with Crippen molar-refractivity contribution in [3.05, 3.63) is 89.5 Å². The highest BCUT2D eigenvalue weighted by Gasteiger charge is 2.27. The Bertz CT molecular complexity index is 1240. The molecular weight excluding hydrogens is 550 g/mol. The predicted octanol–water partition coefficient (Wildman–Crippen LogP) is 5.55. The van der Waals surface area contributed by atoms with Crippen LogP contribution in [0.2, 0.25) is 0 Å². The van der Waals surface area contributed by atoms with Gasteiger partial charge in [-0.3, -0.25) is 0 Å². The van der Waals surface area contributed by atoms with E-state index in [4.69, 9.17) is 28.4 Å². The molecular formula is C34H43NO8. The summed E-state index contributed by atoms with van der Waals surface area (Å²) in [6, 6.07) is 24.0. The Morgan fingerprint density at radius 1 is 0.814 bits per heavy atom. The second-order valence-electron chi connectivity index (χ2n) is 10.2. The third kappa shape index (κ3) is 10.5. The standard InChI is InChI=1S/C34H43NO8/c1-37-31-10-5-4-9-28(31)25-39-19-7-20-40-29-14-12-26(13-15-29)30-16-18-35-24-33(30)42-23-22-41-32-11-6-3-8-27(32)17-21-43-34(36)38-2/h3-6,8-15,30,33,35H,7,16-25H2,1-2H3. The lowest BCUT2D eigenvalue weighted by Crippen LogP contribution is -2.41. The Balaban J connectivity index is 1.16. The van der Waals surface area contributed by atoms with E-state index in [1.54, 1.807) is 7.11 Å². The van der Waals surface area contributed by atoms with Crippen LogP contribution in [0.4, 0.5) is 4.79 Å². The molecule has 2 atom stereocenters. The van der Waals surface area contributed by atoms with Crippen molar-refractivity contribution < 1.29 is 38.0 Å². The SMILES string of the molecule is COC(=O)OCCc1ccccc1OCCOC1CNCCC1c1ccc(OCCCOCc2ccccc2OC)cc1. The summed E-state index contributed by atoms with van der Waals surface area (Å²) in [4.78, 5) is 11.2. The summed E-state index contributed by atoms with van der Waals surface area (Å²) in [5.74, 6) is 2.75. The van der Waals surface area contributed by atoms with Crippen molar-refractivity contribution in [1.29, 1.82) is 0 Å². The quantitative estimate of drug-likeness (QED) is 0.160. The van der Waals surface area contributed by atoms with Crippen LogP contribution >= 0.6 is 0 Å². The van der Waals surface area contributed by atoms with Crippen LogP contribution in [0.3, 0.4) is 0 Å². The number of piperidine rings is 1. The zero-order chi connectivity index (χ0) is 30.1. The molecule has 2 unspecified atom stereocenters. The average molecular weight is 594 g/mol. The minimum absolute atomic E-state index is 0.0493. The molecule has 0 bridgehead atoms. The Labute approximate surface area is 254 Å². The maximum Gasteiger partial charge on any atom is 0.507 e. The van der Waals surface area contributed by atoms with Gasteiger partial charge in [0.2, 0.25) is 0 Å². The monoisotopic (exact) mass is 593 g/mol. The molecule has 0 saturated carbocycles. The molecule has 0 aromatic heterocycles. The van der Waals surface area contributed by atoms with Crippen LogP contribution < -0.4 is 19.5 Å². The number of benzene rings is 3. The molecule has 9 heteroatoms. The lowest BCUT2D eigenvalue weighted by Gasteiger charge is -2.32. The van der Waals surface area contributed by atoms with Crippen molar-refractivity contribution in [3.8, 4) is 17.2 Å². The van der Waals surface area contributed by atoms with Gasteiger partial charge < -0.3 is 38.5 Å². The highest BCUT2D eigenvalue weighted by molar-refractivity contribution is 5.59. The van der Waals surface area contributed by atoms with Crippen LogP contribution in [0.15, 0.2) is 72.8 Å². The molecule has 9 nitrogen and oxygen atoms in total. The lowest BCUT2D eigenvalue weighted by atomic mass is 9.88. The molecule has 4 rings (SSSR count). The first-order valence-electron chi connectivity index (χ1n) is 14.8. The number of nitrogens with one attached hydrogen (secondary N) is 1. The van der Waals surface area contributed by atoms with E-state index in [9.17, 15) is 4.79 Å². The fourth-order valence-electron chi connectivity index (χ4n) is 5.06. The van der Waals surface area contributed by atoms with Gasteiger partial charge in [-0.05, 0) is 48.4 Å². The fraction of sp³-hybridized carbons (Fsp3) is 0.441. The first-order valence-corrected chi connectivity index (χ1v) is 14.8. The van der Waals surface area contributed by atoms with Crippen LogP contribution in [-0.4, -0.2) is 72.6 Å². The molecule has 1 fully saturated rings. The van der Waals surface area contributed by atoms with Gasteiger partial charge in [-0.25, -0.2) is 4.79 Å². The average Bonchev–Trinajstić information content (AvgIpc) is 3.06. The molecule has 0 aliphatic carbocycles. The van der Waals surface area contributed by atoms with Crippen LogP contribution in [0.5, 0.6) is 17.2 Å². The second-order valence-corrected chi connectivity index (χ2v) is 10.2. The van der Waals surface area contributed by atoms with Gasteiger partial charge in [0.05, 0.1) is 53.4 Å². The first kappa shape index (κ1) is 32.1. The topological polar surface area (TPSA) is 93.7 Å². The summed E-state index contributed by atoms with van der Waals surface area (Å²) < 4.78 is 38.9. The van der Waals surface area contributed by atoms with E-state index in [2.05, 4.69) is 22.2 Å². The molecule has 43 heavy (non-hydrogen) atoms. The summed E-state index contributed by atoms with van der Waals surface area (Å²) in [6.45, 7) is 4.58. The largest absolute Gasteiger partial charge is 0.507 e. The van der Waals surface area contributed by atoms with Crippen molar-refractivity contribution in [1.82, 2.24) is 5.32 Å². The van der Waals surface area contributed by atoms with Gasteiger partial charge in [-0.1, -0.05) is 48.5 Å². The molecule has 3 aromatic rings. The molecule has 3 aromatic carbocycles. The van der Waals surface area contributed by atoms with E-state index in [1.807, 2.05) is 60.7 Å². The van der Waals surface area contributed by atoms with Gasteiger partial charge in [0, 0.05) is 30.9 Å². The number of carbonyl (C=O) groups is 1. The van der Waals surface area contributed by atoms with Crippen LogP contribution in [0.1, 0.15) is 35.4 Å². The minimum atomic E-state index is -0.688. The summed E-state index contributed by atoms with van der Waals surface area (Å²) in [5, 5.41) is 3.45. The van der Waals surface area contributed by atoms with Crippen molar-refractivity contribution in [2.45, 2.75) is 37.9 Å². The van der Waals surface area contributed by atoms with Gasteiger partial charge >= 0.3 is 6.16 Å². The molecule has 1 saturated heterocycles. The van der Waals surface area contributed by atoms with Gasteiger partial charge in [0.15, 0.2) is 0 Å². The maximum absolute atomic E-state index is 11.2. The highest BCUT2D eigenvalue weighted by atomic mass is 16.7. The number of rotatable bonds is 17. The zero-order valence-corrected chi connectivity index (χ0v) is 25.1. The van der Waals surface area contributed by atoms with Crippen molar-refractivity contribution in [2.24, 2.45) is 0 Å². The third-order valence-electron chi connectivity index (χ3n) is 7.29. The first-order chi connectivity index (χ1) is 21.2. The summed E-state index contributed by atoms with van der Waals surface area (Å²) >= 11 is 0. The number of methoxy groups -OCH3 is 2. The van der Waals surface area contributed by atoms with Crippen LogP contribution in [0, 0.1) is 0 Å². The number of para-hydroxylation sites is 2. The van der Waals surface area contributed by atoms with Gasteiger partial charge in [-0.2, -0.15) is 0 Å². The van der Waals surface area contributed by atoms with Gasteiger partial charge in [0.1, 0.15) is 23.9 Å². The van der Waals surface area contributed by atoms with E-state index >= 15 is 0 Å². The van der Waals surface area contributed by atoms with E-state index in [-0.39, 0.29) is 12.7 Å². The molecule has 0 spiro atoms. The number of hydrogen-bond acceptors (Lipinski definition) is 9. The molecule has 0 radical (unpaired) electrons. The molecule has 1 N–H and O–H groups in total. The Morgan fingerprint density at radius 2 is 1.58 bits per heavy atom. The van der Waals surface area contributed by atoms with Crippen molar-refractivity contribution >= 4 is 6.16 Å². The number of carbonyl (C=O) groups excluding carboxylic acids is 1. The normalized spacial score (nSPS) is 16.3. The van der Waals surface area contributed by atoms with Crippen molar-refractivity contribution in [3.63, 3.8) is 0 Å². The lowest BCUT2D eigenvalue weighted by molar-refractivity contribution is 0.00717. The molecule has 232 valence electrons. The smallest absolute Gasteiger partial charge is 0.496 e. The van der Waals surface area contributed by atoms with E-state index < -0.39 is 6.16 Å². The van der Waals surface area contributed by atoms with E-state index in [1.165, 1.54) is 12.7 Å². The zero-order valence-electron chi connectivity index (χ0n) is 25.1. The minimum Gasteiger partial charge on any atom is -0.496 e. The third-order valence-corrected chi connectivity index (χ3v) is 7.29. The Morgan fingerprint density at radius 3 is 2.37 bits per heavy atom. The maximum atomic E-state index is 11.2. The predicted molar refractivity (Wildman–Crippen MR) is 163 cm³/mol. The molecule has 1 aliphatic heterocycles. The number of ether oxygens (including phenoxy) is 7. The Kier molecular flexibility index (Phi) is 13.5. The number of hydrogen-bond donors (Lipinski definition) is 1. The Hall–Kier alpha value is -3.79. The van der Waals surface area contributed by atoms with E-state index in [0.717, 1.165) is 54.3 Å². The van der Waals surface area contributed by atoms with Crippen LogP contribution in [0.25, 0.3) is 0 Å². The van der Waals surface area contributed by atoms with Gasteiger partial charge in [0.25, 0.3) is 0 Å².